The zero-order valence-corrected chi connectivity index (χ0v) is 14.0. The summed E-state index contributed by atoms with van der Waals surface area (Å²) in [6.45, 7) is 6.82. The van der Waals surface area contributed by atoms with Crippen LogP contribution in [-0.4, -0.2) is 17.5 Å². The molecule has 1 unspecified atom stereocenters. The maximum absolute atomic E-state index is 12.6. The van der Waals surface area contributed by atoms with Crippen LogP contribution in [0.3, 0.4) is 0 Å². The lowest BCUT2D eigenvalue weighted by Crippen LogP contribution is -2.47. The lowest BCUT2D eigenvalue weighted by atomic mass is 9.87. The van der Waals surface area contributed by atoms with Crippen molar-refractivity contribution in [3.63, 3.8) is 0 Å². The molecule has 0 N–H and O–H groups in total. The lowest BCUT2D eigenvalue weighted by Gasteiger charge is -2.42. The predicted octanol–water partition coefficient (Wildman–Crippen LogP) is 4.81. The number of carbonyl (C=O) groups is 1. The van der Waals surface area contributed by atoms with Crippen LogP contribution in [0.25, 0.3) is 0 Å². The van der Waals surface area contributed by atoms with Crippen LogP contribution in [0.1, 0.15) is 43.0 Å². The van der Waals surface area contributed by atoms with Gasteiger partial charge < -0.3 is 9.64 Å². The van der Waals surface area contributed by atoms with Crippen molar-refractivity contribution in [1.29, 1.82) is 0 Å². The molecule has 3 nitrogen and oxygen atoms in total. The van der Waals surface area contributed by atoms with E-state index in [0.29, 0.717) is 6.54 Å². The molecule has 23 heavy (non-hydrogen) atoms. The Balaban J connectivity index is 1.80. The summed E-state index contributed by atoms with van der Waals surface area (Å²) < 4.78 is 5.88. The van der Waals surface area contributed by atoms with Gasteiger partial charge in [0.05, 0.1) is 6.04 Å². The second kappa shape index (κ2) is 6.07. The number of carbonyl (C=O) groups excluding carboxylic acids is 1. The van der Waals surface area contributed by atoms with E-state index in [-0.39, 0.29) is 12.1 Å². The standard InChI is InChI=1S/C20H23NO2/c1-15-9-7-8-12-18(15)20(3)13-14-21(19(22)23-20)16(2)17-10-5-4-6-11-17/h4-12,16H,13-14H2,1-3H3/t16-,20?/m0/s1. The molecular weight excluding hydrogens is 286 g/mol. The highest BCUT2D eigenvalue weighted by Gasteiger charge is 2.40. The fraction of sp³-hybridized carbons (Fsp3) is 0.350. The first-order valence-electron chi connectivity index (χ1n) is 8.12. The highest BCUT2D eigenvalue weighted by atomic mass is 16.6. The van der Waals surface area contributed by atoms with Crippen molar-refractivity contribution in [2.75, 3.05) is 6.54 Å². The molecule has 0 aromatic heterocycles. The topological polar surface area (TPSA) is 29.5 Å². The molecule has 120 valence electrons. The summed E-state index contributed by atoms with van der Waals surface area (Å²) in [6, 6.07) is 18.2. The van der Waals surface area contributed by atoms with Gasteiger partial charge in [0.2, 0.25) is 0 Å². The van der Waals surface area contributed by atoms with Crippen LogP contribution in [0, 0.1) is 6.92 Å². The van der Waals surface area contributed by atoms with E-state index in [1.165, 1.54) is 0 Å². The monoisotopic (exact) mass is 309 g/mol. The van der Waals surface area contributed by atoms with Gasteiger partial charge in [-0.2, -0.15) is 0 Å². The first-order valence-corrected chi connectivity index (χ1v) is 8.12. The molecular formula is C20H23NO2. The summed E-state index contributed by atoms with van der Waals surface area (Å²) in [5, 5.41) is 0. The van der Waals surface area contributed by atoms with Gasteiger partial charge in [-0.05, 0) is 37.5 Å². The van der Waals surface area contributed by atoms with E-state index < -0.39 is 5.60 Å². The molecule has 1 aliphatic rings. The predicted molar refractivity (Wildman–Crippen MR) is 91.2 cm³/mol. The van der Waals surface area contributed by atoms with Gasteiger partial charge in [0.1, 0.15) is 5.60 Å². The van der Waals surface area contributed by atoms with Crippen LogP contribution in [0.4, 0.5) is 4.79 Å². The molecule has 1 fully saturated rings. The molecule has 0 radical (unpaired) electrons. The number of benzene rings is 2. The van der Waals surface area contributed by atoms with Gasteiger partial charge >= 0.3 is 6.09 Å². The van der Waals surface area contributed by atoms with E-state index in [0.717, 1.165) is 23.1 Å². The van der Waals surface area contributed by atoms with Crippen molar-refractivity contribution in [2.45, 2.75) is 38.8 Å². The molecule has 3 rings (SSSR count). The molecule has 1 saturated heterocycles. The summed E-state index contributed by atoms with van der Waals surface area (Å²) in [4.78, 5) is 14.4. The molecule has 0 bridgehead atoms. The van der Waals surface area contributed by atoms with Crippen molar-refractivity contribution in [3.05, 3.63) is 71.3 Å². The number of rotatable bonds is 3. The summed E-state index contributed by atoms with van der Waals surface area (Å²) in [7, 11) is 0. The number of cyclic esters (lactones) is 1. The largest absolute Gasteiger partial charge is 0.438 e. The zero-order valence-electron chi connectivity index (χ0n) is 14.0. The summed E-state index contributed by atoms with van der Waals surface area (Å²) in [6.07, 6.45) is 0.555. The lowest BCUT2D eigenvalue weighted by molar-refractivity contribution is -0.0494. The molecule has 3 heteroatoms. The first kappa shape index (κ1) is 15.6. The third-order valence-corrected chi connectivity index (χ3v) is 4.84. The Labute approximate surface area is 137 Å². The van der Waals surface area contributed by atoms with Gasteiger partial charge in [0.15, 0.2) is 0 Å². The quantitative estimate of drug-likeness (QED) is 0.814. The molecule has 0 aliphatic carbocycles. The maximum atomic E-state index is 12.6. The van der Waals surface area contributed by atoms with Gasteiger partial charge in [0.25, 0.3) is 0 Å². The Morgan fingerprint density at radius 1 is 1.09 bits per heavy atom. The minimum absolute atomic E-state index is 0.0186. The summed E-state index contributed by atoms with van der Waals surface area (Å²) in [5.41, 5.74) is 2.84. The first-order chi connectivity index (χ1) is 11.0. The smallest absolute Gasteiger partial charge is 0.411 e. The van der Waals surface area contributed by atoms with Crippen LogP contribution >= 0.6 is 0 Å². The van der Waals surface area contributed by atoms with E-state index in [9.17, 15) is 4.79 Å². The molecule has 0 saturated carbocycles. The average molecular weight is 309 g/mol. The number of amides is 1. The SMILES string of the molecule is Cc1ccccc1C1(C)CCN([C@@H](C)c2ccccc2)C(=O)O1. The second-order valence-corrected chi connectivity index (χ2v) is 6.44. The zero-order chi connectivity index (χ0) is 16.4. The third-order valence-electron chi connectivity index (χ3n) is 4.84. The molecule has 2 atom stereocenters. The van der Waals surface area contributed by atoms with Gasteiger partial charge in [-0.3, -0.25) is 0 Å². The highest BCUT2D eigenvalue weighted by Crippen LogP contribution is 2.37. The fourth-order valence-corrected chi connectivity index (χ4v) is 3.35. The minimum Gasteiger partial charge on any atom is -0.438 e. The summed E-state index contributed by atoms with van der Waals surface area (Å²) >= 11 is 0. The van der Waals surface area contributed by atoms with Crippen LogP contribution in [0.15, 0.2) is 54.6 Å². The number of nitrogens with zero attached hydrogens (tertiary/aromatic N) is 1. The Hall–Kier alpha value is -2.29. The Bertz CT molecular complexity index is 698. The molecule has 2 aromatic rings. The van der Waals surface area contributed by atoms with E-state index in [1.54, 1.807) is 0 Å². The maximum Gasteiger partial charge on any atom is 0.411 e. The highest BCUT2D eigenvalue weighted by molar-refractivity contribution is 5.70. The Kier molecular flexibility index (Phi) is 4.12. The fourth-order valence-electron chi connectivity index (χ4n) is 3.35. The van der Waals surface area contributed by atoms with E-state index in [2.05, 4.69) is 19.1 Å². The Morgan fingerprint density at radius 2 is 1.74 bits per heavy atom. The van der Waals surface area contributed by atoms with E-state index in [4.69, 9.17) is 4.74 Å². The normalized spacial score (nSPS) is 22.6. The van der Waals surface area contributed by atoms with Crippen LogP contribution < -0.4 is 0 Å². The molecule has 2 aromatic carbocycles. The van der Waals surface area contributed by atoms with E-state index in [1.807, 2.05) is 61.2 Å². The number of hydrogen-bond acceptors (Lipinski definition) is 2. The van der Waals surface area contributed by atoms with Crippen molar-refractivity contribution in [1.82, 2.24) is 4.90 Å². The number of ether oxygens (including phenoxy) is 1. The van der Waals surface area contributed by atoms with Gasteiger partial charge in [-0.15, -0.1) is 0 Å². The average Bonchev–Trinajstić information content (AvgIpc) is 2.55. The van der Waals surface area contributed by atoms with Crippen LogP contribution in [0.5, 0.6) is 0 Å². The van der Waals surface area contributed by atoms with Crippen molar-refractivity contribution >= 4 is 6.09 Å². The van der Waals surface area contributed by atoms with Gasteiger partial charge in [-0.25, -0.2) is 4.79 Å². The summed E-state index contributed by atoms with van der Waals surface area (Å²) in [5.74, 6) is 0. The van der Waals surface area contributed by atoms with Crippen molar-refractivity contribution in [3.8, 4) is 0 Å². The molecule has 0 spiro atoms. The third kappa shape index (κ3) is 2.96. The van der Waals surface area contributed by atoms with Crippen LogP contribution in [-0.2, 0) is 10.3 Å². The van der Waals surface area contributed by atoms with Crippen molar-refractivity contribution in [2.24, 2.45) is 0 Å². The minimum atomic E-state index is -0.546. The molecule has 1 amide bonds. The molecule has 1 heterocycles. The van der Waals surface area contributed by atoms with Gasteiger partial charge in [0, 0.05) is 13.0 Å². The van der Waals surface area contributed by atoms with E-state index >= 15 is 0 Å². The molecule has 1 aliphatic heterocycles. The number of hydrogen-bond donors (Lipinski definition) is 0. The Morgan fingerprint density at radius 3 is 2.39 bits per heavy atom. The van der Waals surface area contributed by atoms with Crippen molar-refractivity contribution < 1.29 is 9.53 Å². The van der Waals surface area contributed by atoms with Crippen LogP contribution in [0.2, 0.25) is 0 Å². The number of aryl methyl sites for hydroxylation is 1. The van der Waals surface area contributed by atoms with Gasteiger partial charge in [-0.1, -0.05) is 54.6 Å². The second-order valence-electron chi connectivity index (χ2n) is 6.44.